The molecule has 356 valence electrons. The molecule has 12 aromatic rings. The van der Waals surface area contributed by atoms with Crippen molar-refractivity contribution < 1.29 is 0 Å². The number of hydrogen-bond acceptors (Lipinski definition) is 2. The van der Waals surface area contributed by atoms with Gasteiger partial charge in [-0.2, -0.15) is 0 Å². The van der Waals surface area contributed by atoms with Gasteiger partial charge in [0.1, 0.15) is 0 Å². The molecule has 0 saturated carbocycles. The van der Waals surface area contributed by atoms with Crippen LogP contribution >= 0.6 is 0 Å². The molecule has 15 rings (SSSR count). The van der Waals surface area contributed by atoms with E-state index in [0.29, 0.717) is 0 Å². The van der Waals surface area contributed by atoms with E-state index in [4.69, 9.17) is 0 Å². The molecule has 0 saturated heterocycles. The predicted octanol–water partition coefficient (Wildman–Crippen LogP) is 19.0. The van der Waals surface area contributed by atoms with Gasteiger partial charge in [-0.05, 0) is 156 Å². The Kier molecular flexibility index (Phi) is 10.0. The molecule has 0 unspecified atom stereocenters. The summed E-state index contributed by atoms with van der Waals surface area (Å²) in [6.07, 6.45) is 0. The fourth-order valence-corrected chi connectivity index (χ4v) is 13.5. The standard InChI is InChI=1S/C74H50N2/c1-4-22-51(23-5-1)52-42-44-56(45-43-52)76(60-46-47-72-66(50-60)65-36-14-19-41-71(65)74(72)69-39-17-12-34-63(69)64-35-13-18-40-70(64)74)59-31-21-30-58(49-59)75(55-27-8-3-9-28-55)57-29-20-26-54(48-57)73(53-24-6-2-7-25-53)67-37-15-10-32-61(67)62-33-11-16-38-68(62)73/h1-50H. The van der Waals surface area contributed by atoms with Gasteiger partial charge in [-0.3, -0.25) is 0 Å². The maximum atomic E-state index is 2.45. The number of para-hydroxylation sites is 1. The molecule has 0 radical (unpaired) electrons. The molecule has 1 spiro atoms. The second kappa shape index (κ2) is 17.4. The van der Waals surface area contributed by atoms with Crippen molar-refractivity contribution in [3.63, 3.8) is 0 Å². The summed E-state index contributed by atoms with van der Waals surface area (Å²) in [6, 6.07) is 112. The van der Waals surface area contributed by atoms with E-state index in [1.54, 1.807) is 0 Å². The zero-order valence-corrected chi connectivity index (χ0v) is 41.8. The monoisotopic (exact) mass is 966 g/mol. The topological polar surface area (TPSA) is 6.48 Å². The van der Waals surface area contributed by atoms with Crippen LogP contribution in [0.3, 0.4) is 0 Å². The van der Waals surface area contributed by atoms with Gasteiger partial charge in [-0.15, -0.1) is 0 Å². The van der Waals surface area contributed by atoms with Crippen molar-refractivity contribution in [2.75, 3.05) is 9.80 Å². The molecule has 76 heavy (non-hydrogen) atoms. The molecule has 3 aliphatic rings. The molecule has 3 aliphatic carbocycles. The molecule has 0 aliphatic heterocycles. The number of hydrogen-bond donors (Lipinski definition) is 0. The highest BCUT2D eigenvalue weighted by Gasteiger charge is 2.52. The lowest BCUT2D eigenvalue weighted by atomic mass is 9.67. The van der Waals surface area contributed by atoms with Crippen LogP contribution in [0.5, 0.6) is 0 Å². The smallest absolute Gasteiger partial charge is 0.0725 e. The van der Waals surface area contributed by atoms with E-state index in [1.807, 2.05) is 0 Å². The molecule has 2 heteroatoms. The lowest BCUT2D eigenvalue weighted by Crippen LogP contribution is -2.28. The minimum atomic E-state index is -0.537. The van der Waals surface area contributed by atoms with Gasteiger partial charge in [-0.1, -0.05) is 237 Å². The third kappa shape index (κ3) is 6.41. The fourth-order valence-electron chi connectivity index (χ4n) is 13.5. The van der Waals surface area contributed by atoms with Crippen molar-refractivity contribution in [3.8, 4) is 44.5 Å². The number of benzene rings is 12. The van der Waals surface area contributed by atoms with Gasteiger partial charge in [0.05, 0.1) is 10.8 Å². The third-order valence-corrected chi connectivity index (χ3v) is 16.5. The van der Waals surface area contributed by atoms with Crippen LogP contribution in [-0.4, -0.2) is 0 Å². The van der Waals surface area contributed by atoms with E-state index < -0.39 is 10.8 Å². The maximum Gasteiger partial charge on any atom is 0.0725 e. The second-order valence-electron chi connectivity index (χ2n) is 20.3. The highest BCUT2D eigenvalue weighted by molar-refractivity contribution is 5.97. The number of rotatable bonds is 9. The van der Waals surface area contributed by atoms with Crippen molar-refractivity contribution in [1.82, 2.24) is 0 Å². The third-order valence-electron chi connectivity index (χ3n) is 16.5. The molecular formula is C74H50N2. The molecule has 12 aromatic carbocycles. The summed E-state index contributed by atoms with van der Waals surface area (Å²) in [5.74, 6) is 0. The summed E-state index contributed by atoms with van der Waals surface area (Å²) in [7, 11) is 0. The van der Waals surface area contributed by atoms with Crippen LogP contribution in [-0.2, 0) is 10.8 Å². The molecule has 0 heterocycles. The van der Waals surface area contributed by atoms with Crippen LogP contribution in [0.25, 0.3) is 44.5 Å². The summed E-state index contributed by atoms with van der Waals surface area (Å²) < 4.78 is 0. The highest BCUT2D eigenvalue weighted by atomic mass is 15.2. The van der Waals surface area contributed by atoms with Crippen molar-refractivity contribution >= 4 is 34.1 Å². The van der Waals surface area contributed by atoms with Crippen molar-refractivity contribution in [2.45, 2.75) is 10.8 Å². The largest absolute Gasteiger partial charge is 0.310 e. The van der Waals surface area contributed by atoms with E-state index in [2.05, 4.69) is 313 Å². The van der Waals surface area contributed by atoms with Gasteiger partial charge < -0.3 is 9.80 Å². The quantitative estimate of drug-likeness (QED) is 0.142. The Hall–Kier alpha value is -9.76. The molecule has 0 N–H and O–H groups in total. The average molecular weight is 967 g/mol. The zero-order chi connectivity index (χ0) is 50.2. The summed E-state index contributed by atoms with van der Waals surface area (Å²) in [5, 5.41) is 0. The second-order valence-corrected chi connectivity index (χ2v) is 20.3. The van der Waals surface area contributed by atoms with E-state index in [-0.39, 0.29) is 0 Å². The molecule has 0 amide bonds. The maximum absolute atomic E-state index is 2.45. The number of fused-ring (bicyclic) bond motifs is 13. The van der Waals surface area contributed by atoms with Gasteiger partial charge in [0.15, 0.2) is 0 Å². The first kappa shape index (κ1) is 43.8. The zero-order valence-electron chi connectivity index (χ0n) is 41.8. The van der Waals surface area contributed by atoms with Crippen LogP contribution in [0.1, 0.15) is 44.5 Å². The Labute approximate surface area is 444 Å². The first-order valence-electron chi connectivity index (χ1n) is 26.4. The van der Waals surface area contributed by atoms with E-state index >= 15 is 0 Å². The van der Waals surface area contributed by atoms with Gasteiger partial charge in [-0.25, -0.2) is 0 Å². The lowest BCUT2D eigenvalue weighted by molar-refractivity contribution is 0.768. The first-order chi connectivity index (χ1) is 37.7. The SMILES string of the molecule is c1ccc(-c2ccc(N(c3cccc(N(c4ccccc4)c4cccc(C5(c6ccccc6)c6ccccc6-c6ccccc65)c4)c3)c3ccc4c(c3)-c3ccccc3C43c4ccccc4-c4ccccc43)cc2)cc1. The first-order valence-corrected chi connectivity index (χ1v) is 26.4. The Bertz CT molecular complexity index is 4090. The summed E-state index contributed by atoms with van der Waals surface area (Å²) >= 11 is 0. The molecule has 0 fully saturated rings. The summed E-state index contributed by atoms with van der Waals surface area (Å²) in [4.78, 5) is 4.87. The Morgan fingerprint density at radius 3 is 1.04 bits per heavy atom. The predicted molar refractivity (Wildman–Crippen MR) is 315 cm³/mol. The number of nitrogens with zero attached hydrogens (tertiary/aromatic N) is 2. The molecular weight excluding hydrogens is 917 g/mol. The average Bonchev–Trinajstić information content (AvgIpc) is 4.17. The highest BCUT2D eigenvalue weighted by Crippen LogP contribution is 2.63. The minimum Gasteiger partial charge on any atom is -0.310 e. The van der Waals surface area contributed by atoms with Crippen LogP contribution in [0, 0.1) is 0 Å². The van der Waals surface area contributed by atoms with Crippen LogP contribution < -0.4 is 9.80 Å². The summed E-state index contributed by atoms with van der Waals surface area (Å²) in [6.45, 7) is 0. The Balaban J connectivity index is 0.917. The number of anilines is 6. The van der Waals surface area contributed by atoms with Crippen molar-refractivity contribution in [1.29, 1.82) is 0 Å². The Morgan fingerprint density at radius 2 is 0.513 bits per heavy atom. The Morgan fingerprint density at radius 1 is 0.184 bits per heavy atom. The minimum absolute atomic E-state index is 0.424. The molecule has 0 aromatic heterocycles. The van der Waals surface area contributed by atoms with Crippen molar-refractivity contribution in [2.24, 2.45) is 0 Å². The molecule has 2 nitrogen and oxygen atoms in total. The normalized spacial score (nSPS) is 13.5. The molecule has 0 atom stereocenters. The molecule has 0 bridgehead atoms. The van der Waals surface area contributed by atoms with Crippen LogP contribution in [0.2, 0.25) is 0 Å². The van der Waals surface area contributed by atoms with Gasteiger partial charge in [0.25, 0.3) is 0 Å². The van der Waals surface area contributed by atoms with Gasteiger partial charge in [0.2, 0.25) is 0 Å². The van der Waals surface area contributed by atoms with Gasteiger partial charge in [0, 0.05) is 34.1 Å². The summed E-state index contributed by atoms with van der Waals surface area (Å²) in [5.41, 5.74) is 25.9. The van der Waals surface area contributed by atoms with E-state index in [1.165, 1.54) is 89.0 Å². The van der Waals surface area contributed by atoms with Crippen molar-refractivity contribution in [3.05, 3.63) is 348 Å². The lowest BCUT2D eigenvalue weighted by Gasteiger charge is -2.35. The van der Waals surface area contributed by atoms with E-state index in [9.17, 15) is 0 Å². The fraction of sp³-hybridized carbons (Fsp3) is 0.0270. The van der Waals surface area contributed by atoms with Crippen LogP contribution in [0.15, 0.2) is 303 Å². The van der Waals surface area contributed by atoms with E-state index in [0.717, 1.165) is 34.1 Å². The van der Waals surface area contributed by atoms with Gasteiger partial charge >= 0.3 is 0 Å². The van der Waals surface area contributed by atoms with Crippen LogP contribution in [0.4, 0.5) is 34.1 Å².